The molecule has 0 saturated heterocycles. The number of para-hydroxylation sites is 1. The van der Waals surface area contributed by atoms with Crippen LogP contribution in [0.5, 0.6) is 11.5 Å². The molecule has 108 valence electrons. The van der Waals surface area contributed by atoms with Crippen LogP contribution in [-0.2, 0) is 0 Å². The maximum absolute atomic E-state index is 12.6. The first kappa shape index (κ1) is 14.0. The van der Waals surface area contributed by atoms with Gasteiger partial charge in [-0.25, -0.2) is 0 Å². The lowest BCUT2D eigenvalue weighted by Crippen LogP contribution is -2.32. The summed E-state index contributed by atoms with van der Waals surface area (Å²) in [7, 11) is 0. The van der Waals surface area contributed by atoms with Gasteiger partial charge in [0.05, 0.1) is 6.61 Å². The second kappa shape index (κ2) is 6.22. The highest BCUT2D eigenvalue weighted by molar-refractivity contribution is 7.99. The Hall–Kier alpha value is -1.94. The van der Waals surface area contributed by atoms with E-state index in [9.17, 15) is 4.79 Å². The zero-order valence-corrected chi connectivity index (χ0v) is 12.6. The molecule has 21 heavy (non-hydrogen) atoms. The van der Waals surface area contributed by atoms with E-state index < -0.39 is 6.10 Å². The van der Waals surface area contributed by atoms with Crippen LogP contribution in [0.25, 0.3) is 0 Å². The summed E-state index contributed by atoms with van der Waals surface area (Å²) in [6, 6.07) is 15.1. The molecule has 1 aliphatic rings. The molecule has 0 aromatic heterocycles. The van der Waals surface area contributed by atoms with Gasteiger partial charge < -0.3 is 9.47 Å². The lowest BCUT2D eigenvalue weighted by atomic mass is 10.1. The third kappa shape index (κ3) is 3.05. The lowest BCUT2D eigenvalue weighted by Gasteiger charge is -2.24. The first-order valence-corrected chi connectivity index (χ1v) is 7.92. The molecule has 0 amide bonds. The Morgan fingerprint density at radius 2 is 2.14 bits per heavy atom. The molecule has 0 N–H and O–H groups in total. The van der Waals surface area contributed by atoms with Crippen molar-refractivity contribution in [3.8, 4) is 11.5 Å². The number of hydrogen-bond donors (Lipinski definition) is 0. The minimum atomic E-state index is -0.443. The van der Waals surface area contributed by atoms with Crippen molar-refractivity contribution in [2.24, 2.45) is 0 Å². The van der Waals surface area contributed by atoms with Gasteiger partial charge in [-0.15, -0.1) is 11.8 Å². The molecule has 1 atom stereocenters. The molecule has 0 saturated carbocycles. The zero-order chi connectivity index (χ0) is 14.7. The molecular formula is C17H16O3S. The maximum atomic E-state index is 12.6. The molecule has 1 heterocycles. The van der Waals surface area contributed by atoms with E-state index in [1.165, 1.54) is 0 Å². The molecule has 0 bridgehead atoms. The monoisotopic (exact) mass is 300 g/mol. The predicted molar refractivity (Wildman–Crippen MR) is 83.5 cm³/mol. The molecule has 1 aliphatic heterocycles. The van der Waals surface area contributed by atoms with Crippen LogP contribution in [0.15, 0.2) is 53.4 Å². The third-order valence-corrected chi connectivity index (χ3v) is 4.35. The molecule has 4 heteroatoms. The van der Waals surface area contributed by atoms with Gasteiger partial charge in [-0.3, -0.25) is 4.79 Å². The molecule has 2 aromatic rings. The van der Waals surface area contributed by atoms with E-state index in [4.69, 9.17) is 9.47 Å². The SMILES string of the molecule is CCOc1cccc(C(=O)C2CSc3ccccc3O2)c1. The van der Waals surface area contributed by atoms with E-state index in [1.807, 2.05) is 43.3 Å². The van der Waals surface area contributed by atoms with Crippen LogP contribution in [-0.4, -0.2) is 24.2 Å². The highest BCUT2D eigenvalue weighted by Crippen LogP contribution is 2.35. The van der Waals surface area contributed by atoms with Crippen LogP contribution in [0.4, 0.5) is 0 Å². The summed E-state index contributed by atoms with van der Waals surface area (Å²) in [6.07, 6.45) is -0.443. The van der Waals surface area contributed by atoms with Gasteiger partial charge in [-0.2, -0.15) is 0 Å². The fourth-order valence-corrected chi connectivity index (χ4v) is 3.22. The molecule has 1 unspecified atom stereocenters. The lowest BCUT2D eigenvalue weighted by molar-refractivity contribution is 0.0814. The third-order valence-electron chi connectivity index (χ3n) is 3.23. The number of Topliss-reactive ketones (excluding diaryl/α,β-unsaturated/α-hetero) is 1. The number of carbonyl (C=O) groups is 1. The van der Waals surface area contributed by atoms with E-state index in [0.29, 0.717) is 23.7 Å². The molecule has 2 aromatic carbocycles. The van der Waals surface area contributed by atoms with Crippen molar-refractivity contribution in [3.05, 3.63) is 54.1 Å². The molecule has 0 spiro atoms. The summed E-state index contributed by atoms with van der Waals surface area (Å²) < 4.78 is 11.3. The molecule has 0 aliphatic carbocycles. The fourth-order valence-electron chi connectivity index (χ4n) is 2.24. The number of thioether (sulfide) groups is 1. The van der Waals surface area contributed by atoms with Crippen LogP contribution in [0, 0.1) is 0 Å². The van der Waals surface area contributed by atoms with E-state index in [1.54, 1.807) is 23.9 Å². The Morgan fingerprint density at radius 3 is 3.00 bits per heavy atom. The van der Waals surface area contributed by atoms with Gasteiger partial charge in [0.15, 0.2) is 6.10 Å². The van der Waals surface area contributed by atoms with Crippen LogP contribution in [0.3, 0.4) is 0 Å². The first-order chi connectivity index (χ1) is 10.3. The smallest absolute Gasteiger partial charge is 0.204 e. The minimum Gasteiger partial charge on any atom is -0.494 e. The van der Waals surface area contributed by atoms with Crippen LogP contribution < -0.4 is 9.47 Å². The van der Waals surface area contributed by atoms with Gasteiger partial charge in [0.25, 0.3) is 0 Å². The average Bonchev–Trinajstić information content (AvgIpc) is 2.54. The highest BCUT2D eigenvalue weighted by atomic mass is 32.2. The van der Waals surface area contributed by atoms with Crippen molar-refractivity contribution in [3.63, 3.8) is 0 Å². The minimum absolute atomic E-state index is 0.00134. The van der Waals surface area contributed by atoms with E-state index in [0.717, 1.165) is 10.6 Å². The number of benzene rings is 2. The summed E-state index contributed by atoms with van der Waals surface area (Å²) in [5.41, 5.74) is 0.630. The van der Waals surface area contributed by atoms with Crippen LogP contribution >= 0.6 is 11.8 Å². The van der Waals surface area contributed by atoms with Crippen molar-refractivity contribution in [2.45, 2.75) is 17.9 Å². The maximum Gasteiger partial charge on any atom is 0.204 e. The molecule has 0 radical (unpaired) electrons. The second-order valence-corrected chi connectivity index (χ2v) is 5.75. The van der Waals surface area contributed by atoms with Gasteiger partial charge in [-0.1, -0.05) is 24.3 Å². The Kier molecular flexibility index (Phi) is 4.15. The molecule has 0 fully saturated rings. The number of fused-ring (bicyclic) bond motifs is 1. The summed E-state index contributed by atoms with van der Waals surface area (Å²) in [6.45, 7) is 2.51. The normalized spacial score (nSPS) is 16.7. The van der Waals surface area contributed by atoms with Gasteiger partial charge in [0, 0.05) is 16.2 Å². The van der Waals surface area contributed by atoms with Crippen LogP contribution in [0.2, 0.25) is 0 Å². The number of carbonyl (C=O) groups excluding carboxylic acids is 1. The average molecular weight is 300 g/mol. The van der Waals surface area contributed by atoms with Crippen molar-refractivity contribution < 1.29 is 14.3 Å². The van der Waals surface area contributed by atoms with Crippen molar-refractivity contribution >= 4 is 17.5 Å². The highest BCUT2D eigenvalue weighted by Gasteiger charge is 2.27. The van der Waals surface area contributed by atoms with Crippen molar-refractivity contribution in [1.82, 2.24) is 0 Å². The fraction of sp³-hybridized carbons (Fsp3) is 0.235. The summed E-state index contributed by atoms with van der Waals surface area (Å²) in [4.78, 5) is 13.7. The van der Waals surface area contributed by atoms with Crippen LogP contribution in [0.1, 0.15) is 17.3 Å². The number of hydrogen-bond acceptors (Lipinski definition) is 4. The second-order valence-electron chi connectivity index (χ2n) is 4.69. The van der Waals surface area contributed by atoms with Gasteiger partial charge >= 0.3 is 0 Å². The standard InChI is InChI=1S/C17H16O3S/c1-2-19-13-7-5-6-12(10-13)17(18)15-11-21-16-9-4-3-8-14(16)20-15/h3-10,15H,2,11H2,1H3. The van der Waals surface area contributed by atoms with E-state index in [2.05, 4.69) is 0 Å². The Labute approximate surface area is 128 Å². The van der Waals surface area contributed by atoms with E-state index >= 15 is 0 Å². The topological polar surface area (TPSA) is 35.5 Å². The largest absolute Gasteiger partial charge is 0.494 e. The summed E-state index contributed by atoms with van der Waals surface area (Å²) in [5.74, 6) is 2.13. The molecular weight excluding hydrogens is 284 g/mol. The Bertz CT molecular complexity index is 654. The van der Waals surface area contributed by atoms with Crippen molar-refractivity contribution in [2.75, 3.05) is 12.4 Å². The zero-order valence-electron chi connectivity index (χ0n) is 11.7. The molecule has 3 nitrogen and oxygen atoms in total. The molecule has 3 rings (SSSR count). The number of ketones is 1. The van der Waals surface area contributed by atoms with E-state index in [-0.39, 0.29) is 5.78 Å². The van der Waals surface area contributed by atoms with Gasteiger partial charge in [0.2, 0.25) is 5.78 Å². The number of rotatable bonds is 4. The first-order valence-electron chi connectivity index (χ1n) is 6.93. The summed E-state index contributed by atoms with van der Waals surface area (Å²) in [5, 5.41) is 0. The van der Waals surface area contributed by atoms with Gasteiger partial charge in [0.1, 0.15) is 11.5 Å². The predicted octanol–water partition coefficient (Wildman–Crippen LogP) is 3.82. The van der Waals surface area contributed by atoms with Crippen molar-refractivity contribution in [1.29, 1.82) is 0 Å². The Balaban J connectivity index is 1.79. The van der Waals surface area contributed by atoms with Gasteiger partial charge in [-0.05, 0) is 31.2 Å². The Morgan fingerprint density at radius 1 is 1.29 bits per heavy atom. The number of ether oxygens (including phenoxy) is 2. The quantitative estimate of drug-likeness (QED) is 0.804. The summed E-state index contributed by atoms with van der Waals surface area (Å²) >= 11 is 1.66.